The van der Waals surface area contributed by atoms with E-state index in [1.165, 1.54) is 36.8 Å². The zero-order valence-corrected chi connectivity index (χ0v) is 25.1. The number of carbonyl (C=O) groups is 4. The Bertz CT molecular complexity index is 1570. The number of carboxylic acids is 2. The third-order valence-electron chi connectivity index (χ3n) is 5.23. The highest BCUT2D eigenvalue weighted by Gasteiger charge is 2.39. The van der Waals surface area contributed by atoms with Crippen LogP contribution in [0.4, 0.5) is 36.4 Å². The Morgan fingerprint density at radius 2 is 1.51 bits per heavy atom. The van der Waals surface area contributed by atoms with Crippen molar-refractivity contribution >= 4 is 46.7 Å². The van der Waals surface area contributed by atoms with Gasteiger partial charge in [-0.2, -0.15) is 26.3 Å². The number of methoxy groups -OCH3 is 1. The fourth-order valence-corrected chi connectivity index (χ4v) is 3.99. The lowest BCUT2D eigenvalue weighted by Crippen LogP contribution is -2.32. The number of aliphatic carboxylic acids is 2. The van der Waals surface area contributed by atoms with E-state index in [-0.39, 0.29) is 27.9 Å². The van der Waals surface area contributed by atoms with E-state index in [1.807, 2.05) is 0 Å². The van der Waals surface area contributed by atoms with Gasteiger partial charge < -0.3 is 30.7 Å². The standard InChI is InChI=1S/C23H23FN4O4S.2C2HF3O2/c1-23(2,22(30)28-14-5-9-19(31-3)27-12-14)11-15-6-8-18(33-15)21(29)32-17-7-4-13(20(25)26)10-16(17)24;2*3-2(4,5)1(6)7/h4-10,12H,11H2,1-3H3,(H3,25,26)(H,28,30);2*(H,6,7). The van der Waals surface area contributed by atoms with Crippen LogP contribution in [-0.2, 0) is 20.8 Å². The van der Waals surface area contributed by atoms with Crippen molar-refractivity contribution in [3.63, 3.8) is 0 Å². The summed E-state index contributed by atoms with van der Waals surface area (Å²) in [6.45, 7) is 3.59. The highest BCUT2D eigenvalue weighted by atomic mass is 32.1. The molecule has 0 saturated heterocycles. The van der Waals surface area contributed by atoms with Crippen molar-refractivity contribution in [1.29, 1.82) is 5.41 Å². The third-order valence-corrected chi connectivity index (χ3v) is 6.29. The van der Waals surface area contributed by atoms with E-state index in [4.69, 9.17) is 40.4 Å². The van der Waals surface area contributed by atoms with Gasteiger partial charge in [-0.3, -0.25) is 10.2 Å². The van der Waals surface area contributed by atoms with Crippen LogP contribution in [0.25, 0.3) is 0 Å². The van der Waals surface area contributed by atoms with Gasteiger partial charge in [0.25, 0.3) is 0 Å². The highest BCUT2D eigenvalue weighted by molar-refractivity contribution is 7.14. The van der Waals surface area contributed by atoms with E-state index in [0.29, 0.717) is 18.0 Å². The number of thiophene rings is 1. The normalized spacial score (nSPS) is 11.1. The second kappa shape index (κ2) is 16.3. The summed E-state index contributed by atoms with van der Waals surface area (Å²) in [4.78, 5) is 48.1. The Kier molecular flexibility index (Phi) is 13.8. The molecule has 0 saturated carbocycles. The summed E-state index contributed by atoms with van der Waals surface area (Å²) >= 11 is 1.17. The number of benzene rings is 1. The second-order valence-corrected chi connectivity index (χ2v) is 10.6. The average Bonchev–Trinajstić information content (AvgIpc) is 3.42. The molecule has 0 aliphatic heterocycles. The van der Waals surface area contributed by atoms with Gasteiger partial charge in [0.1, 0.15) is 10.7 Å². The van der Waals surface area contributed by atoms with Crippen LogP contribution < -0.4 is 20.5 Å². The van der Waals surface area contributed by atoms with Crippen LogP contribution in [0, 0.1) is 16.6 Å². The molecule has 1 aromatic carbocycles. The van der Waals surface area contributed by atoms with Crippen LogP contribution in [0.5, 0.6) is 11.6 Å². The molecule has 3 aromatic rings. The summed E-state index contributed by atoms with van der Waals surface area (Å²) in [6, 6.07) is 10.3. The lowest BCUT2D eigenvalue weighted by atomic mass is 9.87. The number of carboxylic acid groups (broad SMARTS) is 2. The lowest BCUT2D eigenvalue weighted by molar-refractivity contribution is -0.193. The van der Waals surface area contributed by atoms with Gasteiger partial charge in [0.2, 0.25) is 11.8 Å². The molecule has 0 radical (unpaired) electrons. The number of amidine groups is 1. The van der Waals surface area contributed by atoms with Crippen molar-refractivity contribution in [2.24, 2.45) is 11.1 Å². The maximum atomic E-state index is 14.1. The first-order valence-electron chi connectivity index (χ1n) is 12.3. The topological polar surface area (TPSA) is 202 Å². The molecule has 0 spiro atoms. The number of aromatic nitrogens is 1. The molecule has 0 atom stereocenters. The molecular weight excluding hydrogens is 673 g/mol. The van der Waals surface area contributed by atoms with E-state index >= 15 is 0 Å². The Hall–Kier alpha value is -5.27. The molecule has 0 aliphatic rings. The number of nitrogens with zero attached hydrogens (tertiary/aromatic N) is 1. The number of amides is 1. The molecule has 0 fully saturated rings. The number of alkyl halides is 6. The van der Waals surface area contributed by atoms with Gasteiger partial charge in [-0.05, 0) is 42.8 Å². The highest BCUT2D eigenvalue weighted by Crippen LogP contribution is 2.29. The van der Waals surface area contributed by atoms with Crippen molar-refractivity contribution < 1.29 is 69.6 Å². The van der Waals surface area contributed by atoms with Gasteiger partial charge in [0.05, 0.1) is 19.0 Å². The number of anilines is 1. The first kappa shape index (κ1) is 39.8. The van der Waals surface area contributed by atoms with Crippen LogP contribution in [0.1, 0.15) is 34.0 Å². The molecule has 0 aliphatic carbocycles. The van der Waals surface area contributed by atoms with Crippen molar-refractivity contribution in [3.05, 3.63) is 69.8 Å². The number of esters is 1. The summed E-state index contributed by atoms with van der Waals surface area (Å²) in [5.41, 5.74) is 5.29. The predicted molar refractivity (Wildman–Crippen MR) is 151 cm³/mol. The van der Waals surface area contributed by atoms with E-state index < -0.39 is 41.5 Å². The summed E-state index contributed by atoms with van der Waals surface area (Å²) in [5, 5.41) is 24.4. The average molecular weight is 699 g/mol. The monoisotopic (exact) mass is 698 g/mol. The van der Waals surface area contributed by atoms with E-state index in [0.717, 1.165) is 10.9 Å². The smallest absolute Gasteiger partial charge is 0.481 e. The van der Waals surface area contributed by atoms with Crippen molar-refractivity contribution in [3.8, 4) is 11.6 Å². The SMILES string of the molecule is COc1ccc(NC(=O)C(C)(C)Cc2ccc(C(=O)Oc3ccc(C(=N)N)cc3F)s2)cn1.O=C(O)C(F)(F)F.O=C(O)C(F)(F)F. The summed E-state index contributed by atoms with van der Waals surface area (Å²) in [7, 11) is 1.51. The number of hydrogen-bond acceptors (Lipinski definition) is 9. The number of rotatable bonds is 8. The largest absolute Gasteiger partial charge is 0.490 e. The molecule has 0 unspecified atom stereocenters. The van der Waals surface area contributed by atoms with Crippen molar-refractivity contribution in [2.75, 3.05) is 12.4 Å². The molecule has 1 amide bonds. The fourth-order valence-electron chi connectivity index (χ4n) is 2.88. The third kappa shape index (κ3) is 13.3. The molecule has 20 heteroatoms. The first-order chi connectivity index (χ1) is 21.5. The minimum Gasteiger partial charge on any atom is -0.481 e. The van der Waals surface area contributed by atoms with Gasteiger partial charge in [0.15, 0.2) is 11.6 Å². The van der Waals surface area contributed by atoms with Gasteiger partial charge in [-0.25, -0.2) is 23.8 Å². The summed E-state index contributed by atoms with van der Waals surface area (Å²) in [6.07, 6.45) is -8.28. The van der Waals surface area contributed by atoms with E-state index in [9.17, 15) is 40.3 Å². The van der Waals surface area contributed by atoms with Gasteiger partial charge in [-0.1, -0.05) is 13.8 Å². The van der Waals surface area contributed by atoms with Crippen molar-refractivity contribution in [2.45, 2.75) is 32.6 Å². The van der Waals surface area contributed by atoms with E-state index in [2.05, 4.69) is 10.3 Å². The Balaban J connectivity index is 0.000000658. The van der Waals surface area contributed by atoms with Crippen LogP contribution in [0.2, 0.25) is 0 Å². The van der Waals surface area contributed by atoms with Crippen LogP contribution >= 0.6 is 11.3 Å². The fraction of sp³-hybridized carbons (Fsp3) is 0.259. The van der Waals surface area contributed by atoms with Gasteiger partial charge in [-0.15, -0.1) is 11.3 Å². The molecule has 12 nitrogen and oxygen atoms in total. The van der Waals surface area contributed by atoms with Gasteiger partial charge in [0, 0.05) is 21.9 Å². The Morgan fingerprint density at radius 1 is 0.957 bits per heavy atom. The number of carbonyl (C=O) groups excluding carboxylic acids is 2. The number of halogens is 7. The number of nitrogens with one attached hydrogen (secondary N) is 2. The van der Waals surface area contributed by atoms with Crippen LogP contribution in [0.3, 0.4) is 0 Å². The Labute approximate surface area is 264 Å². The summed E-state index contributed by atoms with van der Waals surface area (Å²) in [5.74, 6) is -7.33. The molecule has 256 valence electrons. The minimum absolute atomic E-state index is 0.191. The maximum absolute atomic E-state index is 14.1. The number of pyridine rings is 1. The van der Waals surface area contributed by atoms with Gasteiger partial charge >= 0.3 is 30.3 Å². The number of nitrogens with two attached hydrogens (primary N) is 1. The molecule has 2 aromatic heterocycles. The zero-order chi connectivity index (χ0) is 36.3. The molecule has 2 heterocycles. The second-order valence-electron chi connectivity index (χ2n) is 9.42. The van der Waals surface area contributed by atoms with Crippen LogP contribution in [-0.4, -0.2) is 64.3 Å². The molecule has 47 heavy (non-hydrogen) atoms. The van der Waals surface area contributed by atoms with E-state index in [1.54, 1.807) is 38.1 Å². The minimum atomic E-state index is -5.08. The maximum Gasteiger partial charge on any atom is 0.490 e. The Morgan fingerprint density at radius 3 is 1.94 bits per heavy atom. The quantitative estimate of drug-likeness (QED) is 0.0679. The van der Waals surface area contributed by atoms with Crippen molar-refractivity contribution in [1.82, 2.24) is 4.98 Å². The molecule has 3 rings (SSSR count). The first-order valence-corrected chi connectivity index (χ1v) is 13.2. The summed E-state index contributed by atoms with van der Waals surface area (Å²) < 4.78 is 87.8. The number of ether oxygens (including phenoxy) is 2. The number of nitrogen functional groups attached to an aromatic ring is 1. The van der Waals surface area contributed by atoms with Crippen LogP contribution in [0.15, 0.2) is 48.7 Å². The number of hydrogen-bond donors (Lipinski definition) is 5. The molecular formula is C27H25F7N4O8S. The molecule has 6 N–H and O–H groups in total. The predicted octanol–water partition coefficient (Wildman–Crippen LogP) is 5.27. The zero-order valence-electron chi connectivity index (χ0n) is 24.2. The lowest BCUT2D eigenvalue weighted by Gasteiger charge is -2.22. The molecule has 0 bridgehead atoms.